The van der Waals surface area contributed by atoms with Crippen molar-refractivity contribution in [2.75, 3.05) is 17.2 Å². The second kappa shape index (κ2) is 7.11. The highest BCUT2D eigenvalue weighted by molar-refractivity contribution is 7.99. The first kappa shape index (κ1) is 13.8. The number of nitrogens with one attached hydrogen (secondary N) is 1. The number of carbonyl (C=O) groups is 1. The van der Waals surface area contributed by atoms with E-state index in [1.165, 1.54) is 12.4 Å². The van der Waals surface area contributed by atoms with Crippen molar-refractivity contribution in [2.24, 2.45) is 0 Å². The van der Waals surface area contributed by atoms with Gasteiger partial charge in [0.25, 0.3) is 5.91 Å². The Labute approximate surface area is 106 Å². The monoisotopic (exact) mass is 254 g/mol. The lowest BCUT2D eigenvalue weighted by Crippen LogP contribution is -2.33. The van der Waals surface area contributed by atoms with E-state index in [0.717, 1.165) is 17.9 Å². The normalized spacial score (nSPS) is 12.1. The lowest BCUT2D eigenvalue weighted by atomic mass is 10.2. The lowest BCUT2D eigenvalue weighted by Gasteiger charge is -2.12. The van der Waals surface area contributed by atoms with E-state index in [0.29, 0.717) is 0 Å². The number of thioether (sulfide) groups is 1. The summed E-state index contributed by atoms with van der Waals surface area (Å²) in [5, 5.41) is 2.87. The summed E-state index contributed by atoms with van der Waals surface area (Å²) in [6.45, 7) is 4.10. The third kappa shape index (κ3) is 5.04. The Kier molecular flexibility index (Phi) is 5.76. The number of carbonyl (C=O) groups excluding carboxylic acids is 1. The summed E-state index contributed by atoms with van der Waals surface area (Å²) < 4.78 is 0. The Morgan fingerprint density at radius 1 is 1.59 bits per heavy atom. The van der Waals surface area contributed by atoms with Gasteiger partial charge in [0.1, 0.15) is 11.5 Å². The van der Waals surface area contributed by atoms with Gasteiger partial charge in [0.15, 0.2) is 0 Å². The molecule has 0 aromatic carbocycles. The van der Waals surface area contributed by atoms with Gasteiger partial charge in [0, 0.05) is 6.04 Å². The first-order chi connectivity index (χ1) is 8.13. The molecule has 1 atom stereocenters. The van der Waals surface area contributed by atoms with Gasteiger partial charge in [-0.05, 0) is 24.9 Å². The zero-order chi connectivity index (χ0) is 12.7. The van der Waals surface area contributed by atoms with Gasteiger partial charge in [-0.3, -0.25) is 9.78 Å². The zero-order valence-electron chi connectivity index (χ0n) is 10.1. The molecule has 0 bridgehead atoms. The SMILES string of the molecule is CCSCCC(C)NC(=O)c1cncc(N)n1. The lowest BCUT2D eigenvalue weighted by molar-refractivity contribution is 0.0934. The van der Waals surface area contributed by atoms with Gasteiger partial charge < -0.3 is 11.1 Å². The predicted octanol–water partition coefficient (Wildman–Crippen LogP) is 1.32. The minimum Gasteiger partial charge on any atom is -0.382 e. The van der Waals surface area contributed by atoms with Crippen LogP contribution < -0.4 is 11.1 Å². The van der Waals surface area contributed by atoms with Gasteiger partial charge in [-0.1, -0.05) is 6.92 Å². The van der Waals surface area contributed by atoms with Crippen molar-refractivity contribution in [2.45, 2.75) is 26.3 Å². The van der Waals surface area contributed by atoms with E-state index in [2.05, 4.69) is 22.2 Å². The standard InChI is InChI=1S/C11H18N4OS/c1-3-17-5-4-8(2)14-11(16)9-6-13-7-10(12)15-9/h6-8H,3-5H2,1-2H3,(H2,12,15)(H,14,16). The zero-order valence-corrected chi connectivity index (χ0v) is 11.0. The third-order valence-electron chi connectivity index (χ3n) is 2.16. The van der Waals surface area contributed by atoms with Gasteiger partial charge >= 0.3 is 0 Å². The molecule has 5 nitrogen and oxygen atoms in total. The Bertz CT molecular complexity index is 372. The largest absolute Gasteiger partial charge is 0.382 e. The van der Waals surface area contributed by atoms with E-state index in [4.69, 9.17) is 5.73 Å². The molecule has 94 valence electrons. The average molecular weight is 254 g/mol. The number of nitrogens with zero attached hydrogens (tertiary/aromatic N) is 2. The van der Waals surface area contributed by atoms with E-state index < -0.39 is 0 Å². The first-order valence-electron chi connectivity index (χ1n) is 5.59. The van der Waals surface area contributed by atoms with Crippen LogP contribution in [0.2, 0.25) is 0 Å². The molecule has 1 rings (SSSR count). The molecule has 0 radical (unpaired) electrons. The van der Waals surface area contributed by atoms with E-state index in [1.807, 2.05) is 18.7 Å². The quantitative estimate of drug-likeness (QED) is 0.748. The van der Waals surface area contributed by atoms with E-state index in [9.17, 15) is 4.79 Å². The van der Waals surface area contributed by atoms with Gasteiger partial charge in [0.2, 0.25) is 0 Å². The highest BCUT2D eigenvalue weighted by atomic mass is 32.2. The summed E-state index contributed by atoms with van der Waals surface area (Å²) in [4.78, 5) is 19.5. The fourth-order valence-electron chi connectivity index (χ4n) is 1.26. The van der Waals surface area contributed by atoms with Gasteiger partial charge in [0.05, 0.1) is 12.4 Å². The molecule has 1 heterocycles. The van der Waals surface area contributed by atoms with Crippen LogP contribution in [-0.2, 0) is 0 Å². The maximum absolute atomic E-state index is 11.8. The summed E-state index contributed by atoms with van der Waals surface area (Å²) >= 11 is 1.86. The number of nitrogen functional groups attached to an aromatic ring is 1. The van der Waals surface area contributed by atoms with Crippen molar-refractivity contribution in [3.63, 3.8) is 0 Å². The fourth-order valence-corrected chi connectivity index (χ4v) is 2.07. The van der Waals surface area contributed by atoms with E-state index >= 15 is 0 Å². The molecule has 6 heteroatoms. The first-order valence-corrected chi connectivity index (χ1v) is 6.75. The molecule has 17 heavy (non-hydrogen) atoms. The van der Waals surface area contributed by atoms with Crippen molar-refractivity contribution in [3.8, 4) is 0 Å². The molecule has 0 saturated heterocycles. The molecule has 1 amide bonds. The van der Waals surface area contributed by atoms with Crippen LogP contribution >= 0.6 is 11.8 Å². The molecular weight excluding hydrogens is 236 g/mol. The summed E-state index contributed by atoms with van der Waals surface area (Å²) in [7, 11) is 0. The Balaban J connectivity index is 2.43. The van der Waals surface area contributed by atoms with Crippen LogP contribution in [0.25, 0.3) is 0 Å². The van der Waals surface area contributed by atoms with Crippen LogP contribution in [0.5, 0.6) is 0 Å². The molecule has 0 aliphatic rings. The molecule has 1 aromatic rings. The number of rotatable bonds is 6. The summed E-state index contributed by atoms with van der Waals surface area (Å²) in [5.41, 5.74) is 5.73. The minimum absolute atomic E-state index is 0.129. The Hall–Kier alpha value is -1.30. The van der Waals surface area contributed by atoms with E-state index in [-0.39, 0.29) is 23.5 Å². The van der Waals surface area contributed by atoms with Crippen LogP contribution in [0, 0.1) is 0 Å². The second-order valence-electron chi connectivity index (χ2n) is 3.69. The predicted molar refractivity (Wildman–Crippen MR) is 71.0 cm³/mol. The van der Waals surface area contributed by atoms with E-state index in [1.54, 1.807) is 0 Å². The molecule has 1 aromatic heterocycles. The van der Waals surface area contributed by atoms with Crippen molar-refractivity contribution in [1.29, 1.82) is 0 Å². The van der Waals surface area contributed by atoms with Crippen molar-refractivity contribution in [3.05, 3.63) is 18.1 Å². The molecule has 0 aliphatic heterocycles. The van der Waals surface area contributed by atoms with Crippen molar-refractivity contribution < 1.29 is 4.79 Å². The number of amides is 1. The summed E-state index contributed by atoms with van der Waals surface area (Å²) in [5.74, 6) is 2.17. The molecule has 0 aliphatic carbocycles. The fraction of sp³-hybridized carbons (Fsp3) is 0.545. The van der Waals surface area contributed by atoms with Crippen LogP contribution in [0.15, 0.2) is 12.4 Å². The Morgan fingerprint density at radius 2 is 2.35 bits per heavy atom. The molecule has 0 saturated carbocycles. The van der Waals surface area contributed by atoms with Crippen LogP contribution in [0.1, 0.15) is 30.8 Å². The molecular formula is C11H18N4OS. The van der Waals surface area contributed by atoms with Crippen molar-refractivity contribution in [1.82, 2.24) is 15.3 Å². The number of anilines is 1. The number of hydrogen-bond acceptors (Lipinski definition) is 5. The van der Waals surface area contributed by atoms with Crippen molar-refractivity contribution >= 4 is 23.5 Å². The van der Waals surface area contributed by atoms with Crippen LogP contribution in [0.3, 0.4) is 0 Å². The highest BCUT2D eigenvalue weighted by Crippen LogP contribution is 2.04. The van der Waals surface area contributed by atoms with Gasteiger partial charge in [-0.15, -0.1) is 0 Å². The highest BCUT2D eigenvalue weighted by Gasteiger charge is 2.11. The molecule has 3 N–H and O–H groups in total. The summed E-state index contributed by atoms with van der Waals surface area (Å²) in [6, 6.07) is 0.129. The molecule has 0 spiro atoms. The maximum Gasteiger partial charge on any atom is 0.271 e. The topological polar surface area (TPSA) is 80.9 Å². The molecule has 0 fully saturated rings. The van der Waals surface area contributed by atoms with Gasteiger partial charge in [-0.25, -0.2) is 4.98 Å². The number of nitrogens with two attached hydrogens (primary N) is 1. The van der Waals surface area contributed by atoms with Crippen LogP contribution in [-0.4, -0.2) is 33.4 Å². The smallest absolute Gasteiger partial charge is 0.271 e. The van der Waals surface area contributed by atoms with Gasteiger partial charge in [-0.2, -0.15) is 11.8 Å². The molecule has 1 unspecified atom stereocenters. The number of aromatic nitrogens is 2. The second-order valence-corrected chi connectivity index (χ2v) is 5.08. The third-order valence-corrected chi connectivity index (χ3v) is 3.10. The van der Waals surface area contributed by atoms with Crippen LogP contribution in [0.4, 0.5) is 5.82 Å². The average Bonchev–Trinajstić information content (AvgIpc) is 2.29. The summed E-state index contributed by atoms with van der Waals surface area (Å²) in [6.07, 6.45) is 3.78. The number of hydrogen-bond donors (Lipinski definition) is 2. The maximum atomic E-state index is 11.8. The minimum atomic E-state index is -0.223. The Morgan fingerprint density at radius 3 is 3.00 bits per heavy atom.